The lowest BCUT2D eigenvalue weighted by Crippen LogP contribution is -2.57. The highest BCUT2D eigenvalue weighted by molar-refractivity contribution is 5.88. The van der Waals surface area contributed by atoms with Gasteiger partial charge < -0.3 is 10.2 Å². The molecule has 4 heteroatoms. The molecule has 2 N–H and O–H groups in total. The zero-order chi connectivity index (χ0) is 35.9. The normalized spacial score (nSPS) is 20.6. The van der Waals surface area contributed by atoms with E-state index in [0.29, 0.717) is 19.3 Å². The lowest BCUT2D eigenvalue weighted by atomic mass is 9.50. The minimum absolute atomic E-state index is 0.271. The van der Waals surface area contributed by atoms with Gasteiger partial charge in [0.2, 0.25) is 0 Å². The molecule has 4 nitrogen and oxygen atoms in total. The first-order chi connectivity index (χ1) is 23.9. The molecule has 0 aromatic rings. The van der Waals surface area contributed by atoms with Crippen LogP contribution in [0, 0.1) is 16.7 Å². The van der Waals surface area contributed by atoms with Crippen molar-refractivity contribution in [2.24, 2.45) is 16.7 Å². The van der Waals surface area contributed by atoms with Crippen LogP contribution in [-0.2, 0) is 9.59 Å². The van der Waals surface area contributed by atoms with E-state index in [1.807, 2.05) is 19.1 Å². The maximum Gasteiger partial charge on any atom is 0.311 e. The molecule has 3 atom stereocenters. The van der Waals surface area contributed by atoms with Crippen molar-refractivity contribution in [3.63, 3.8) is 0 Å². The highest BCUT2D eigenvalue weighted by Gasteiger charge is 2.63. The number of hydrogen-bond donors (Lipinski definition) is 2. The molecule has 0 aliphatic heterocycles. The van der Waals surface area contributed by atoms with E-state index < -0.39 is 22.8 Å². The van der Waals surface area contributed by atoms with Crippen LogP contribution in [0.1, 0.15) is 245 Å². The van der Waals surface area contributed by atoms with Crippen LogP contribution in [0.2, 0.25) is 0 Å². The summed E-state index contributed by atoms with van der Waals surface area (Å²) in [6.45, 7) is 6.50. The molecule has 3 unspecified atom stereocenters. The Bertz CT molecular complexity index is 821. The van der Waals surface area contributed by atoms with Gasteiger partial charge in [0.05, 0.1) is 10.8 Å². The molecule has 0 aromatic heterocycles. The van der Waals surface area contributed by atoms with Crippen LogP contribution in [0.3, 0.4) is 0 Å². The van der Waals surface area contributed by atoms with Crippen molar-refractivity contribution in [2.45, 2.75) is 245 Å². The van der Waals surface area contributed by atoms with Gasteiger partial charge in [0.25, 0.3) is 0 Å². The van der Waals surface area contributed by atoms with Gasteiger partial charge in [-0.1, -0.05) is 238 Å². The van der Waals surface area contributed by atoms with Gasteiger partial charge in [0.15, 0.2) is 0 Å². The van der Waals surface area contributed by atoms with E-state index in [-0.39, 0.29) is 5.92 Å². The molecule has 49 heavy (non-hydrogen) atoms. The summed E-state index contributed by atoms with van der Waals surface area (Å²) in [6.07, 6.45) is 46.2. The molecule has 0 aromatic carbocycles. The average Bonchev–Trinajstić information content (AvgIpc) is 3.08. The highest BCUT2D eigenvalue weighted by atomic mass is 16.4. The third-order valence-corrected chi connectivity index (χ3v) is 12.2. The van der Waals surface area contributed by atoms with Gasteiger partial charge in [-0.05, 0) is 25.2 Å². The lowest BCUT2D eigenvalue weighted by molar-refractivity contribution is -0.182. The Morgan fingerprint density at radius 3 is 1.04 bits per heavy atom. The predicted molar refractivity (Wildman–Crippen MR) is 211 cm³/mol. The quantitative estimate of drug-likeness (QED) is 0.0507. The molecule has 1 rings (SSSR count). The molecule has 0 heterocycles. The fourth-order valence-electron chi connectivity index (χ4n) is 8.87. The van der Waals surface area contributed by atoms with E-state index in [0.717, 1.165) is 38.5 Å². The summed E-state index contributed by atoms with van der Waals surface area (Å²) in [6, 6.07) is 0. The van der Waals surface area contributed by atoms with Crippen LogP contribution < -0.4 is 0 Å². The second kappa shape index (κ2) is 30.3. The first-order valence-electron chi connectivity index (χ1n) is 22.0. The van der Waals surface area contributed by atoms with E-state index in [2.05, 4.69) is 13.8 Å². The maximum atomic E-state index is 13.1. The Hall–Kier alpha value is -1.32. The molecular weight excluding hydrogens is 604 g/mol. The average molecular weight is 689 g/mol. The van der Waals surface area contributed by atoms with Gasteiger partial charge in [-0.15, -0.1) is 0 Å². The van der Waals surface area contributed by atoms with Crippen molar-refractivity contribution in [1.82, 2.24) is 0 Å². The number of unbranched alkanes of at least 4 members (excludes halogenated alkanes) is 30. The van der Waals surface area contributed by atoms with Crippen molar-refractivity contribution >= 4 is 11.9 Å². The molecule has 1 aliphatic carbocycles. The summed E-state index contributed by atoms with van der Waals surface area (Å²) >= 11 is 0. The Morgan fingerprint density at radius 1 is 0.469 bits per heavy atom. The fourth-order valence-corrected chi connectivity index (χ4v) is 8.87. The third-order valence-electron chi connectivity index (χ3n) is 12.2. The Balaban J connectivity index is 2.32. The van der Waals surface area contributed by atoms with E-state index in [9.17, 15) is 19.8 Å². The fraction of sp³-hybridized carbons (Fsp3) is 0.911. The Labute approximate surface area is 305 Å². The molecule has 1 aliphatic rings. The maximum absolute atomic E-state index is 13.1. The first-order valence-corrected chi connectivity index (χ1v) is 22.0. The number of allylic oxidation sites excluding steroid dienone is 2. The molecule has 0 radical (unpaired) electrons. The summed E-state index contributed by atoms with van der Waals surface area (Å²) in [4.78, 5) is 26.1. The van der Waals surface area contributed by atoms with Crippen LogP contribution in [-0.4, -0.2) is 22.2 Å². The Morgan fingerprint density at radius 2 is 0.755 bits per heavy atom. The summed E-state index contributed by atoms with van der Waals surface area (Å²) < 4.78 is 0. The van der Waals surface area contributed by atoms with Crippen molar-refractivity contribution in [1.29, 1.82) is 0 Å². The third kappa shape index (κ3) is 18.7. The second-order valence-electron chi connectivity index (χ2n) is 16.2. The smallest absolute Gasteiger partial charge is 0.311 e. The summed E-state index contributed by atoms with van der Waals surface area (Å²) in [5.41, 5.74) is -2.43. The number of hydrogen-bond acceptors (Lipinski definition) is 2. The highest BCUT2D eigenvalue weighted by Crippen LogP contribution is 2.57. The first kappa shape index (κ1) is 45.7. The largest absolute Gasteiger partial charge is 0.481 e. The van der Waals surface area contributed by atoms with E-state index >= 15 is 0 Å². The number of carboxylic acid groups (broad SMARTS) is 2. The topological polar surface area (TPSA) is 74.6 Å². The Kier molecular flexibility index (Phi) is 28.3. The van der Waals surface area contributed by atoms with Gasteiger partial charge >= 0.3 is 11.9 Å². The van der Waals surface area contributed by atoms with Gasteiger partial charge in [-0.25, -0.2) is 0 Å². The number of carboxylic acids is 2. The second-order valence-corrected chi connectivity index (χ2v) is 16.2. The van der Waals surface area contributed by atoms with Crippen LogP contribution in [0.5, 0.6) is 0 Å². The lowest BCUT2D eigenvalue weighted by Gasteiger charge is -2.50. The summed E-state index contributed by atoms with van der Waals surface area (Å²) in [5, 5.41) is 21.4. The zero-order valence-electron chi connectivity index (χ0n) is 33.2. The molecule has 288 valence electrons. The summed E-state index contributed by atoms with van der Waals surface area (Å²) in [5.74, 6) is -2.07. The number of carbonyl (C=O) groups is 2. The molecule has 0 saturated heterocycles. The van der Waals surface area contributed by atoms with Crippen LogP contribution in [0.25, 0.3) is 0 Å². The van der Waals surface area contributed by atoms with Crippen LogP contribution >= 0.6 is 0 Å². The van der Waals surface area contributed by atoms with Crippen LogP contribution in [0.4, 0.5) is 0 Å². The summed E-state index contributed by atoms with van der Waals surface area (Å²) in [7, 11) is 0. The van der Waals surface area contributed by atoms with Gasteiger partial charge in [-0.3, -0.25) is 9.59 Å². The van der Waals surface area contributed by atoms with Crippen molar-refractivity contribution < 1.29 is 19.8 Å². The van der Waals surface area contributed by atoms with Crippen molar-refractivity contribution in [3.05, 3.63) is 12.2 Å². The molecular formula is C45H84O4. The predicted octanol–water partition coefficient (Wildman–Crippen LogP) is 15.0. The monoisotopic (exact) mass is 689 g/mol. The zero-order valence-corrected chi connectivity index (χ0v) is 33.2. The number of aliphatic carboxylic acids is 2. The molecule has 0 saturated carbocycles. The van der Waals surface area contributed by atoms with Gasteiger partial charge in [-0.2, -0.15) is 0 Å². The molecule has 0 spiro atoms. The standard InChI is InChI=1S/C45H84O4/c1-4-6-8-10-12-14-16-18-20-22-24-26-28-30-32-34-38-44(42(46)47)39-36-37-41(3)45(44,43(48)49)40-35-33-31-29-27-25-23-21-19-17-15-13-11-9-7-5-2/h36-37,41H,4-35,38-40H2,1-3H3,(H,46,47)(H,48,49). The van der Waals surface area contributed by atoms with E-state index in [1.54, 1.807) is 0 Å². The number of rotatable bonds is 36. The van der Waals surface area contributed by atoms with Crippen LogP contribution in [0.15, 0.2) is 12.2 Å². The molecule has 0 fully saturated rings. The SMILES string of the molecule is CCCCCCCCCCCCCCCCCCC1(C(=O)O)CC=CC(C)C1(CCCCCCCCCCCCCCCCCC)C(=O)O. The van der Waals surface area contributed by atoms with Gasteiger partial charge in [0.1, 0.15) is 0 Å². The van der Waals surface area contributed by atoms with Crippen molar-refractivity contribution in [2.75, 3.05) is 0 Å². The minimum Gasteiger partial charge on any atom is -0.481 e. The molecule has 0 bridgehead atoms. The minimum atomic E-state index is -1.22. The van der Waals surface area contributed by atoms with Gasteiger partial charge in [0, 0.05) is 0 Å². The van der Waals surface area contributed by atoms with E-state index in [1.165, 1.54) is 167 Å². The van der Waals surface area contributed by atoms with E-state index in [4.69, 9.17) is 0 Å². The molecule has 0 amide bonds. The van der Waals surface area contributed by atoms with Crippen molar-refractivity contribution in [3.8, 4) is 0 Å².